The Morgan fingerprint density at radius 2 is 2.09 bits per heavy atom. The van der Waals surface area contributed by atoms with E-state index in [0.717, 1.165) is 19.5 Å². The number of carbonyl (C=O) groups is 1. The predicted octanol–water partition coefficient (Wildman–Crippen LogP) is 0.382. The number of nitrogens with one attached hydrogen (secondary N) is 1. The summed E-state index contributed by atoms with van der Waals surface area (Å²) in [6.07, 6.45) is 0.121. The van der Waals surface area contributed by atoms with Crippen LogP contribution in [0.5, 0.6) is 0 Å². The van der Waals surface area contributed by atoms with Crippen molar-refractivity contribution in [1.29, 1.82) is 0 Å². The number of amides is 1. The Labute approximate surface area is 72.0 Å². The van der Waals surface area contributed by atoms with Crippen molar-refractivity contribution in [2.24, 2.45) is 0 Å². The second-order valence-electron chi connectivity index (χ2n) is 2.37. The smallest absolute Gasteiger partial charge is 0.407 e. The minimum Gasteiger partial charge on any atom is -0.465 e. The molecule has 5 heteroatoms. The summed E-state index contributed by atoms with van der Waals surface area (Å²) in [5.74, 6) is 0. The standard InChI is InChI=1S/C6H12N2O2.ClH/c9-6(10)8-4-1-2-7-3-5-8;/h7H,1-5H2,(H,9,10);1H. The molecular formula is C6H13ClN2O2. The molecule has 0 radical (unpaired) electrons. The molecule has 66 valence electrons. The fourth-order valence-electron chi connectivity index (χ4n) is 1.04. The van der Waals surface area contributed by atoms with Crippen LogP contribution in [0.3, 0.4) is 0 Å². The van der Waals surface area contributed by atoms with E-state index in [4.69, 9.17) is 5.11 Å². The highest BCUT2D eigenvalue weighted by Gasteiger charge is 2.12. The van der Waals surface area contributed by atoms with Gasteiger partial charge in [-0.05, 0) is 13.0 Å². The molecule has 0 spiro atoms. The molecule has 0 atom stereocenters. The number of nitrogens with zero attached hydrogens (tertiary/aromatic N) is 1. The molecule has 0 saturated carbocycles. The third kappa shape index (κ3) is 3.43. The van der Waals surface area contributed by atoms with Crippen molar-refractivity contribution in [3.8, 4) is 0 Å². The fourth-order valence-corrected chi connectivity index (χ4v) is 1.04. The Kier molecular flexibility index (Phi) is 4.98. The largest absolute Gasteiger partial charge is 0.465 e. The van der Waals surface area contributed by atoms with Crippen LogP contribution in [0, 0.1) is 0 Å². The first-order chi connectivity index (χ1) is 4.80. The normalized spacial score (nSPS) is 18.4. The van der Waals surface area contributed by atoms with Crippen LogP contribution in [0.4, 0.5) is 4.79 Å². The summed E-state index contributed by atoms with van der Waals surface area (Å²) in [4.78, 5) is 11.8. The molecule has 0 unspecified atom stereocenters. The average molecular weight is 181 g/mol. The zero-order valence-corrected chi connectivity index (χ0v) is 7.06. The van der Waals surface area contributed by atoms with Crippen LogP contribution in [0.25, 0.3) is 0 Å². The highest BCUT2D eigenvalue weighted by molar-refractivity contribution is 5.85. The van der Waals surface area contributed by atoms with E-state index in [1.807, 2.05) is 0 Å². The average Bonchev–Trinajstić information content (AvgIpc) is 2.12. The Hall–Kier alpha value is -0.480. The van der Waals surface area contributed by atoms with Crippen molar-refractivity contribution >= 4 is 18.5 Å². The van der Waals surface area contributed by atoms with Crippen LogP contribution in [-0.2, 0) is 0 Å². The first-order valence-corrected chi connectivity index (χ1v) is 3.49. The number of halogens is 1. The first kappa shape index (κ1) is 10.5. The maximum absolute atomic E-state index is 10.4. The van der Waals surface area contributed by atoms with Crippen molar-refractivity contribution in [2.45, 2.75) is 6.42 Å². The zero-order chi connectivity index (χ0) is 7.40. The molecule has 2 N–H and O–H groups in total. The number of carboxylic acid groups (broad SMARTS) is 1. The molecule has 0 aromatic heterocycles. The molecule has 1 aliphatic heterocycles. The second-order valence-corrected chi connectivity index (χ2v) is 2.37. The van der Waals surface area contributed by atoms with Gasteiger partial charge in [-0.2, -0.15) is 0 Å². The Morgan fingerprint density at radius 3 is 2.73 bits per heavy atom. The number of hydrogen-bond donors (Lipinski definition) is 2. The van der Waals surface area contributed by atoms with E-state index in [-0.39, 0.29) is 12.4 Å². The van der Waals surface area contributed by atoms with Gasteiger partial charge in [0.15, 0.2) is 0 Å². The summed E-state index contributed by atoms with van der Waals surface area (Å²) in [5, 5.41) is 11.7. The van der Waals surface area contributed by atoms with E-state index in [1.165, 1.54) is 4.90 Å². The first-order valence-electron chi connectivity index (χ1n) is 3.49. The summed E-state index contributed by atoms with van der Waals surface area (Å²) in [6.45, 7) is 3.01. The van der Waals surface area contributed by atoms with Gasteiger partial charge in [0.05, 0.1) is 0 Å². The molecule has 0 aromatic rings. The molecule has 1 fully saturated rings. The molecule has 4 nitrogen and oxygen atoms in total. The van der Waals surface area contributed by atoms with Crippen molar-refractivity contribution in [2.75, 3.05) is 26.2 Å². The zero-order valence-electron chi connectivity index (χ0n) is 6.25. The van der Waals surface area contributed by atoms with Crippen LogP contribution in [-0.4, -0.2) is 42.3 Å². The van der Waals surface area contributed by atoms with Gasteiger partial charge in [-0.25, -0.2) is 4.79 Å². The molecule has 0 aromatic carbocycles. The van der Waals surface area contributed by atoms with Gasteiger partial charge in [-0.15, -0.1) is 12.4 Å². The SMILES string of the molecule is Cl.O=C(O)N1CCCNCC1. The van der Waals surface area contributed by atoms with Crippen LogP contribution < -0.4 is 5.32 Å². The predicted molar refractivity (Wildman–Crippen MR) is 44.3 cm³/mol. The van der Waals surface area contributed by atoms with Gasteiger partial charge < -0.3 is 15.3 Å². The molecule has 0 aliphatic carbocycles. The summed E-state index contributed by atoms with van der Waals surface area (Å²) in [5.41, 5.74) is 0. The molecule has 11 heavy (non-hydrogen) atoms. The lowest BCUT2D eigenvalue weighted by Crippen LogP contribution is -2.32. The van der Waals surface area contributed by atoms with Gasteiger partial charge in [-0.3, -0.25) is 0 Å². The van der Waals surface area contributed by atoms with Gasteiger partial charge in [0.1, 0.15) is 0 Å². The Bertz CT molecular complexity index is 124. The maximum atomic E-state index is 10.4. The second kappa shape index (κ2) is 5.21. The lowest BCUT2D eigenvalue weighted by molar-refractivity contribution is 0.148. The van der Waals surface area contributed by atoms with Crippen molar-refractivity contribution < 1.29 is 9.90 Å². The van der Waals surface area contributed by atoms with Crippen LogP contribution in [0.2, 0.25) is 0 Å². The van der Waals surface area contributed by atoms with Gasteiger partial charge in [-0.1, -0.05) is 0 Å². The van der Waals surface area contributed by atoms with E-state index in [1.54, 1.807) is 0 Å². The van der Waals surface area contributed by atoms with Crippen molar-refractivity contribution in [3.63, 3.8) is 0 Å². The quantitative estimate of drug-likeness (QED) is 0.567. The van der Waals surface area contributed by atoms with E-state index in [9.17, 15) is 4.79 Å². The molecule has 1 saturated heterocycles. The third-order valence-corrected chi connectivity index (χ3v) is 1.61. The van der Waals surface area contributed by atoms with E-state index < -0.39 is 6.09 Å². The summed E-state index contributed by atoms with van der Waals surface area (Å²) in [6, 6.07) is 0. The van der Waals surface area contributed by atoms with Crippen LogP contribution in [0.15, 0.2) is 0 Å². The van der Waals surface area contributed by atoms with Crippen molar-refractivity contribution in [1.82, 2.24) is 10.2 Å². The molecule has 1 amide bonds. The van der Waals surface area contributed by atoms with Crippen LogP contribution in [0.1, 0.15) is 6.42 Å². The Morgan fingerprint density at radius 1 is 1.36 bits per heavy atom. The summed E-state index contributed by atoms with van der Waals surface area (Å²) in [7, 11) is 0. The highest BCUT2D eigenvalue weighted by atomic mass is 35.5. The lowest BCUT2D eigenvalue weighted by atomic mass is 10.4. The molecule has 1 rings (SSSR count). The lowest BCUT2D eigenvalue weighted by Gasteiger charge is -2.14. The van der Waals surface area contributed by atoms with Gasteiger partial charge in [0.25, 0.3) is 0 Å². The number of hydrogen-bond acceptors (Lipinski definition) is 2. The minimum absolute atomic E-state index is 0. The van der Waals surface area contributed by atoms with Crippen molar-refractivity contribution in [3.05, 3.63) is 0 Å². The van der Waals surface area contributed by atoms with Crippen LogP contribution >= 0.6 is 12.4 Å². The minimum atomic E-state index is -0.802. The summed E-state index contributed by atoms with van der Waals surface area (Å²) < 4.78 is 0. The van der Waals surface area contributed by atoms with Gasteiger partial charge in [0, 0.05) is 19.6 Å². The third-order valence-electron chi connectivity index (χ3n) is 1.61. The van der Waals surface area contributed by atoms with Gasteiger partial charge >= 0.3 is 6.09 Å². The molecule has 0 bridgehead atoms. The van der Waals surface area contributed by atoms with E-state index in [2.05, 4.69) is 5.32 Å². The molecular weight excluding hydrogens is 168 g/mol. The monoisotopic (exact) mass is 180 g/mol. The highest BCUT2D eigenvalue weighted by Crippen LogP contribution is 1.94. The van der Waals surface area contributed by atoms with E-state index in [0.29, 0.717) is 13.1 Å². The Balaban J connectivity index is 0.000001000. The molecule has 1 heterocycles. The topological polar surface area (TPSA) is 52.6 Å². The van der Waals surface area contributed by atoms with E-state index >= 15 is 0 Å². The summed E-state index contributed by atoms with van der Waals surface area (Å²) >= 11 is 0. The number of rotatable bonds is 0. The maximum Gasteiger partial charge on any atom is 0.407 e. The fraction of sp³-hybridized carbons (Fsp3) is 0.833. The van der Waals surface area contributed by atoms with Gasteiger partial charge in [0.2, 0.25) is 0 Å². The molecule has 1 aliphatic rings.